The van der Waals surface area contributed by atoms with Crippen molar-refractivity contribution in [3.63, 3.8) is 0 Å². The Kier molecular flexibility index (Phi) is 6.37. The normalized spacial score (nSPS) is 19.9. The largest absolute Gasteiger partial charge is 0.459 e. The van der Waals surface area contributed by atoms with Crippen molar-refractivity contribution in [3.05, 3.63) is 47.8 Å². The molecular formula is C22H28N2O2. The van der Waals surface area contributed by atoms with Gasteiger partial charge in [-0.3, -0.25) is 0 Å². The van der Waals surface area contributed by atoms with Gasteiger partial charge in [-0.05, 0) is 55.7 Å². The van der Waals surface area contributed by atoms with Crippen molar-refractivity contribution in [2.24, 2.45) is 5.92 Å². The molecule has 0 saturated heterocycles. The zero-order chi connectivity index (χ0) is 18.4. The van der Waals surface area contributed by atoms with Crippen LogP contribution in [0.1, 0.15) is 68.3 Å². The van der Waals surface area contributed by atoms with Gasteiger partial charge in [0.25, 0.3) is 0 Å². The molecule has 1 aromatic carbocycles. The van der Waals surface area contributed by atoms with Crippen LogP contribution < -0.4 is 0 Å². The number of carbonyl (C=O) groups is 1. The number of hydrogen-bond acceptors (Lipinski definition) is 4. The molecule has 1 heterocycles. The molecule has 0 aliphatic heterocycles. The zero-order valence-electron chi connectivity index (χ0n) is 15.8. The summed E-state index contributed by atoms with van der Waals surface area (Å²) in [6, 6.07) is 7.39. The lowest BCUT2D eigenvalue weighted by atomic mass is 9.86. The summed E-state index contributed by atoms with van der Waals surface area (Å²) in [4.78, 5) is 21.2. The highest BCUT2D eigenvalue weighted by molar-refractivity contribution is 5.90. The standard InChI is InChI=1S/C22H28N2O2/c1-3-5-17-14-23-21(24-15-17)18-8-10-19(11-9-18)22(25)26-20-12-6-16(4-2)7-13-20/h8-11,14-16,20H,3-7,12-13H2,1-2H3/t16-,20-. The van der Waals surface area contributed by atoms with Crippen molar-refractivity contribution in [3.8, 4) is 11.4 Å². The molecule has 1 saturated carbocycles. The van der Waals surface area contributed by atoms with E-state index in [-0.39, 0.29) is 12.1 Å². The van der Waals surface area contributed by atoms with Crippen LogP contribution in [0, 0.1) is 5.92 Å². The lowest BCUT2D eigenvalue weighted by Crippen LogP contribution is -2.24. The van der Waals surface area contributed by atoms with Crippen LogP contribution in [0.5, 0.6) is 0 Å². The molecule has 1 aliphatic rings. The first-order valence-electron chi connectivity index (χ1n) is 9.82. The Balaban J connectivity index is 1.59. The molecule has 2 aromatic rings. The van der Waals surface area contributed by atoms with Crippen LogP contribution >= 0.6 is 0 Å². The van der Waals surface area contributed by atoms with E-state index in [4.69, 9.17) is 4.74 Å². The third-order valence-electron chi connectivity index (χ3n) is 5.27. The van der Waals surface area contributed by atoms with E-state index in [0.717, 1.165) is 42.7 Å². The summed E-state index contributed by atoms with van der Waals surface area (Å²) in [5.74, 6) is 1.26. The summed E-state index contributed by atoms with van der Waals surface area (Å²) >= 11 is 0. The summed E-state index contributed by atoms with van der Waals surface area (Å²) < 4.78 is 5.69. The molecule has 0 bridgehead atoms. The molecule has 1 aromatic heterocycles. The van der Waals surface area contributed by atoms with Gasteiger partial charge in [-0.25, -0.2) is 14.8 Å². The fraction of sp³-hybridized carbons (Fsp3) is 0.500. The summed E-state index contributed by atoms with van der Waals surface area (Å²) in [5.41, 5.74) is 2.65. The van der Waals surface area contributed by atoms with Crippen LogP contribution in [0.2, 0.25) is 0 Å². The maximum atomic E-state index is 12.4. The minimum Gasteiger partial charge on any atom is -0.459 e. The van der Waals surface area contributed by atoms with E-state index in [1.807, 2.05) is 24.5 Å². The van der Waals surface area contributed by atoms with E-state index in [9.17, 15) is 4.79 Å². The van der Waals surface area contributed by atoms with E-state index in [2.05, 4.69) is 23.8 Å². The number of aryl methyl sites for hydroxylation is 1. The Morgan fingerprint density at radius 1 is 1.04 bits per heavy atom. The van der Waals surface area contributed by atoms with Crippen molar-refractivity contribution in [1.82, 2.24) is 9.97 Å². The number of nitrogens with zero attached hydrogens (tertiary/aromatic N) is 2. The van der Waals surface area contributed by atoms with Gasteiger partial charge in [-0.2, -0.15) is 0 Å². The van der Waals surface area contributed by atoms with Gasteiger partial charge >= 0.3 is 5.97 Å². The number of aromatic nitrogens is 2. The summed E-state index contributed by atoms with van der Waals surface area (Å²) in [5, 5.41) is 0. The molecule has 138 valence electrons. The van der Waals surface area contributed by atoms with Gasteiger partial charge in [-0.1, -0.05) is 38.8 Å². The van der Waals surface area contributed by atoms with Gasteiger partial charge in [0.2, 0.25) is 0 Å². The van der Waals surface area contributed by atoms with E-state index in [1.54, 1.807) is 12.1 Å². The fourth-order valence-corrected chi connectivity index (χ4v) is 3.55. The van der Waals surface area contributed by atoms with Gasteiger partial charge in [-0.15, -0.1) is 0 Å². The van der Waals surface area contributed by atoms with Gasteiger partial charge in [0.05, 0.1) is 5.56 Å². The average molecular weight is 352 g/mol. The smallest absolute Gasteiger partial charge is 0.338 e. The van der Waals surface area contributed by atoms with Gasteiger partial charge < -0.3 is 4.74 Å². The predicted molar refractivity (Wildman–Crippen MR) is 103 cm³/mol. The van der Waals surface area contributed by atoms with Crippen LogP contribution in [0.3, 0.4) is 0 Å². The minimum atomic E-state index is -0.226. The first kappa shape index (κ1) is 18.6. The fourth-order valence-electron chi connectivity index (χ4n) is 3.55. The highest BCUT2D eigenvalue weighted by atomic mass is 16.5. The highest BCUT2D eigenvalue weighted by Crippen LogP contribution is 2.28. The molecule has 0 amide bonds. The van der Waals surface area contributed by atoms with Crippen LogP contribution in [-0.2, 0) is 11.2 Å². The third kappa shape index (κ3) is 4.69. The molecule has 0 atom stereocenters. The van der Waals surface area contributed by atoms with Crippen molar-refractivity contribution >= 4 is 5.97 Å². The van der Waals surface area contributed by atoms with Gasteiger partial charge in [0.15, 0.2) is 5.82 Å². The second kappa shape index (κ2) is 8.93. The van der Waals surface area contributed by atoms with Crippen molar-refractivity contribution in [2.75, 3.05) is 0 Å². The molecule has 0 N–H and O–H groups in total. The second-order valence-corrected chi connectivity index (χ2v) is 7.20. The average Bonchev–Trinajstić information content (AvgIpc) is 2.69. The molecule has 1 aliphatic carbocycles. The molecular weight excluding hydrogens is 324 g/mol. The van der Waals surface area contributed by atoms with Crippen molar-refractivity contribution in [1.29, 1.82) is 0 Å². The lowest BCUT2D eigenvalue weighted by molar-refractivity contribution is 0.0164. The Bertz CT molecular complexity index is 702. The van der Waals surface area contributed by atoms with Crippen LogP contribution in [0.25, 0.3) is 11.4 Å². The van der Waals surface area contributed by atoms with Crippen LogP contribution in [-0.4, -0.2) is 22.0 Å². The monoisotopic (exact) mass is 352 g/mol. The number of esters is 1. The maximum Gasteiger partial charge on any atom is 0.338 e. The Labute approximate surface area is 156 Å². The van der Waals surface area contributed by atoms with Crippen molar-refractivity contribution < 1.29 is 9.53 Å². The number of benzene rings is 1. The van der Waals surface area contributed by atoms with E-state index in [0.29, 0.717) is 11.4 Å². The van der Waals surface area contributed by atoms with E-state index >= 15 is 0 Å². The maximum absolute atomic E-state index is 12.4. The molecule has 1 fully saturated rings. The predicted octanol–water partition coefficient (Wildman–Crippen LogP) is 5.22. The zero-order valence-corrected chi connectivity index (χ0v) is 15.8. The minimum absolute atomic E-state index is 0.0689. The van der Waals surface area contributed by atoms with Crippen molar-refractivity contribution in [2.45, 2.75) is 64.9 Å². The summed E-state index contributed by atoms with van der Waals surface area (Å²) in [7, 11) is 0. The van der Waals surface area contributed by atoms with E-state index < -0.39 is 0 Å². The Hall–Kier alpha value is -2.23. The van der Waals surface area contributed by atoms with Crippen LogP contribution in [0.4, 0.5) is 0 Å². The first-order valence-corrected chi connectivity index (χ1v) is 9.82. The molecule has 4 heteroatoms. The Morgan fingerprint density at radius 2 is 1.69 bits per heavy atom. The number of hydrogen-bond donors (Lipinski definition) is 0. The molecule has 0 unspecified atom stereocenters. The number of rotatable bonds is 6. The second-order valence-electron chi connectivity index (χ2n) is 7.20. The molecule has 26 heavy (non-hydrogen) atoms. The topological polar surface area (TPSA) is 52.1 Å². The number of carbonyl (C=O) groups excluding carboxylic acids is 1. The molecule has 3 rings (SSSR count). The van der Waals surface area contributed by atoms with E-state index in [1.165, 1.54) is 19.3 Å². The quantitative estimate of drug-likeness (QED) is 0.669. The number of ether oxygens (including phenoxy) is 1. The summed E-state index contributed by atoms with van der Waals surface area (Å²) in [6.45, 7) is 4.38. The molecule has 4 nitrogen and oxygen atoms in total. The van der Waals surface area contributed by atoms with Gasteiger partial charge in [0.1, 0.15) is 6.10 Å². The lowest BCUT2D eigenvalue weighted by Gasteiger charge is -2.27. The first-order chi connectivity index (χ1) is 12.7. The van der Waals surface area contributed by atoms with Gasteiger partial charge in [0, 0.05) is 18.0 Å². The van der Waals surface area contributed by atoms with Crippen LogP contribution in [0.15, 0.2) is 36.7 Å². The molecule has 0 radical (unpaired) electrons. The molecule has 0 spiro atoms. The highest BCUT2D eigenvalue weighted by Gasteiger charge is 2.23. The third-order valence-corrected chi connectivity index (χ3v) is 5.27. The summed E-state index contributed by atoms with van der Waals surface area (Å²) in [6.07, 6.45) is 11.4. The Morgan fingerprint density at radius 3 is 2.27 bits per heavy atom. The SMILES string of the molecule is CCCc1cnc(-c2ccc(C(=O)O[C@H]3CC[C@H](CC)CC3)cc2)nc1.